The largest absolute Gasteiger partial charge is 0.496 e. The van der Waals surface area contributed by atoms with Gasteiger partial charge in [-0.2, -0.15) is 5.10 Å². The Labute approximate surface area is 133 Å². The Balaban J connectivity index is 2.37. The van der Waals surface area contributed by atoms with Gasteiger partial charge in [0.15, 0.2) is 6.29 Å². The molecule has 0 aliphatic heterocycles. The van der Waals surface area contributed by atoms with Crippen molar-refractivity contribution in [3.63, 3.8) is 0 Å². The predicted molar refractivity (Wildman–Crippen MR) is 86.2 cm³/mol. The fourth-order valence-electron chi connectivity index (χ4n) is 2.45. The first-order valence-corrected chi connectivity index (χ1v) is 7.80. The Bertz CT molecular complexity index is 650. The zero-order valence-electron chi connectivity index (χ0n) is 12.5. The van der Waals surface area contributed by atoms with E-state index in [2.05, 4.69) is 21.0 Å². The number of hydrogen-bond acceptors (Lipinski definition) is 3. The molecular formula is C16H19BrN2O2. The maximum absolute atomic E-state index is 11.3. The van der Waals surface area contributed by atoms with Crippen LogP contribution in [0.25, 0.3) is 0 Å². The highest BCUT2D eigenvalue weighted by Gasteiger charge is 2.15. The monoisotopic (exact) mass is 350 g/mol. The average Bonchev–Trinajstić information content (AvgIpc) is 2.84. The number of rotatable bonds is 6. The van der Waals surface area contributed by atoms with Gasteiger partial charge in [0, 0.05) is 5.69 Å². The first-order valence-electron chi connectivity index (χ1n) is 7.00. The van der Waals surface area contributed by atoms with Gasteiger partial charge in [0.05, 0.1) is 29.4 Å². The molecule has 0 atom stereocenters. The van der Waals surface area contributed by atoms with Crippen LogP contribution in [-0.4, -0.2) is 23.2 Å². The van der Waals surface area contributed by atoms with Crippen molar-refractivity contribution in [2.24, 2.45) is 0 Å². The van der Waals surface area contributed by atoms with E-state index in [1.165, 1.54) is 0 Å². The molecule has 2 aromatic rings. The molecule has 0 fully saturated rings. The molecule has 0 spiro atoms. The van der Waals surface area contributed by atoms with Gasteiger partial charge in [0.2, 0.25) is 0 Å². The first kappa shape index (κ1) is 15.8. The van der Waals surface area contributed by atoms with Crippen LogP contribution in [0.1, 0.15) is 41.2 Å². The molecule has 5 heteroatoms. The van der Waals surface area contributed by atoms with Gasteiger partial charge < -0.3 is 4.74 Å². The van der Waals surface area contributed by atoms with Crippen molar-refractivity contribution in [3.05, 3.63) is 45.2 Å². The summed E-state index contributed by atoms with van der Waals surface area (Å²) in [6.07, 6.45) is 2.48. The SMILES string of the molecule is CCc1nn(Cc2ccc(OC)c(Br)c2)c(CC)c1C=O. The zero-order chi connectivity index (χ0) is 15.4. The third-order valence-electron chi connectivity index (χ3n) is 3.51. The Morgan fingerprint density at radius 3 is 2.62 bits per heavy atom. The molecule has 0 amide bonds. The molecule has 112 valence electrons. The van der Waals surface area contributed by atoms with E-state index in [-0.39, 0.29) is 0 Å². The highest BCUT2D eigenvalue weighted by Crippen LogP contribution is 2.26. The summed E-state index contributed by atoms with van der Waals surface area (Å²) in [6.45, 7) is 4.71. The predicted octanol–water partition coefficient (Wildman–Crippen LogP) is 3.64. The number of hydrogen-bond donors (Lipinski definition) is 0. The van der Waals surface area contributed by atoms with E-state index in [4.69, 9.17) is 4.74 Å². The highest BCUT2D eigenvalue weighted by atomic mass is 79.9. The molecule has 0 saturated heterocycles. The number of methoxy groups -OCH3 is 1. The van der Waals surface area contributed by atoms with E-state index in [0.717, 1.165) is 51.9 Å². The van der Waals surface area contributed by atoms with Crippen molar-refractivity contribution in [2.45, 2.75) is 33.2 Å². The second-order valence-electron chi connectivity index (χ2n) is 4.76. The van der Waals surface area contributed by atoms with Crippen molar-refractivity contribution >= 4 is 22.2 Å². The lowest BCUT2D eigenvalue weighted by atomic mass is 10.1. The third-order valence-corrected chi connectivity index (χ3v) is 4.13. The summed E-state index contributed by atoms with van der Waals surface area (Å²) in [5.41, 5.74) is 3.72. The summed E-state index contributed by atoms with van der Waals surface area (Å²) >= 11 is 3.49. The fraction of sp³-hybridized carbons (Fsp3) is 0.375. The maximum atomic E-state index is 11.3. The molecule has 1 aromatic heterocycles. The van der Waals surface area contributed by atoms with Gasteiger partial charge in [-0.3, -0.25) is 9.48 Å². The summed E-state index contributed by atoms with van der Waals surface area (Å²) in [5.74, 6) is 0.803. The van der Waals surface area contributed by atoms with Crippen molar-refractivity contribution in [1.82, 2.24) is 9.78 Å². The van der Waals surface area contributed by atoms with Gasteiger partial charge in [-0.15, -0.1) is 0 Å². The molecule has 2 rings (SSSR count). The fourth-order valence-corrected chi connectivity index (χ4v) is 3.04. The van der Waals surface area contributed by atoms with E-state index in [1.54, 1.807) is 7.11 Å². The molecule has 1 heterocycles. The van der Waals surface area contributed by atoms with E-state index < -0.39 is 0 Å². The summed E-state index contributed by atoms with van der Waals surface area (Å²) in [5, 5.41) is 4.58. The minimum Gasteiger partial charge on any atom is -0.496 e. The van der Waals surface area contributed by atoms with Crippen LogP contribution in [0.15, 0.2) is 22.7 Å². The summed E-state index contributed by atoms with van der Waals surface area (Å²) in [6, 6.07) is 5.96. The number of aromatic nitrogens is 2. The lowest BCUT2D eigenvalue weighted by Gasteiger charge is -2.09. The number of halogens is 1. The number of nitrogens with zero attached hydrogens (tertiary/aromatic N) is 2. The molecule has 0 aliphatic rings. The summed E-state index contributed by atoms with van der Waals surface area (Å²) in [7, 11) is 1.65. The van der Waals surface area contributed by atoms with Crippen LogP contribution < -0.4 is 4.74 Å². The molecule has 0 radical (unpaired) electrons. The molecule has 1 aromatic carbocycles. The van der Waals surface area contributed by atoms with Crippen molar-refractivity contribution in [2.75, 3.05) is 7.11 Å². The third kappa shape index (κ3) is 3.18. The molecule has 0 bridgehead atoms. The summed E-state index contributed by atoms with van der Waals surface area (Å²) < 4.78 is 8.08. The number of benzene rings is 1. The molecule has 0 saturated carbocycles. The molecular weight excluding hydrogens is 332 g/mol. The Morgan fingerprint density at radius 2 is 2.10 bits per heavy atom. The van der Waals surface area contributed by atoms with Crippen LogP contribution in [0.3, 0.4) is 0 Å². The molecule has 0 N–H and O–H groups in total. The second-order valence-corrected chi connectivity index (χ2v) is 5.61. The number of aldehydes is 1. The van der Waals surface area contributed by atoms with E-state index >= 15 is 0 Å². The minimum absolute atomic E-state index is 0.645. The second kappa shape index (κ2) is 6.89. The topological polar surface area (TPSA) is 44.1 Å². The normalized spacial score (nSPS) is 10.7. The van der Waals surface area contributed by atoms with Crippen LogP contribution in [0, 0.1) is 0 Å². The summed E-state index contributed by atoms with van der Waals surface area (Å²) in [4.78, 5) is 11.3. The van der Waals surface area contributed by atoms with Crippen LogP contribution in [0.2, 0.25) is 0 Å². The van der Waals surface area contributed by atoms with Gasteiger partial charge in [0.25, 0.3) is 0 Å². The highest BCUT2D eigenvalue weighted by molar-refractivity contribution is 9.10. The standard InChI is InChI=1S/C16H19BrN2O2/c1-4-14-12(10-20)15(5-2)19(18-14)9-11-6-7-16(21-3)13(17)8-11/h6-8,10H,4-5,9H2,1-3H3. The van der Waals surface area contributed by atoms with Gasteiger partial charge >= 0.3 is 0 Å². The Morgan fingerprint density at radius 1 is 1.33 bits per heavy atom. The lowest BCUT2D eigenvalue weighted by molar-refractivity contribution is 0.112. The van der Waals surface area contributed by atoms with Crippen LogP contribution in [-0.2, 0) is 19.4 Å². The van der Waals surface area contributed by atoms with Crippen molar-refractivity contribution in [3.8, 4) is 5.75 Å². The molecule has 21 heavy (non-hydrogen) atoms. The van der Waals surface area contributed by atoms with E-state index in [0.29, 0.717) is 6.54 Å². The van der Waals surface area contributed by atoms with Gasteiger partial charge in [-0.05, 0) is 46.5 Å². The Hall–Kier alpha value is -1.62. The molecule has 0 aliphatic carbocycles. The quantitative estimate of drug-likeness (QED) is 0.747. The molecule has 0 unspecified atom stereocenters. The zero-order valence-corrected chi connectivity index (χ0v) is 14.1. The van der Waals surface area contributed by atoms with Gasteiger partial charge in [0.1, 0.15) is 5.75 Å². The van der Waals surface area contributed by atoms with Gasteiger partial charge in [-0.25, -0.2) is 0 Å². The average molecular weight is 351 g/mol. The van der Waals surface area contributed by atoms with Crippen molar-refractivity contribution in [1.29, 1.82) is 0 Å². The van der Waals surface area contributed by atoms with Crippen LogP contribution >= 0.6 is 15.9 Å². The molecule has 4 nitrogen and oxygen atoms in total. The lowest BCUT2D eigenvalue weighted by Crippen LogP contribution is -2.07. The van der Waals surface area contributed by atoms with E-state index in [9.17, 15) is 4.79 Å². The number of aryl methyl sites for hydroxylation is 1. The number of carbonyl (C=O) groups is 1. The first-order chi connectivity index (χ1) is 10.1. The number of carbonyl (C=O) groups excluding carboxylic acids is 1. The van der Waals surface area contributed by atoms with Crippen LogP contribution in [0.4, 0.5) is 0 Å². The van der Waals surface area contributed by atoms with E-state index in [1.807, 2.05) is 36.7 Å². The number of ether oxygens (including phenoxy) is 1. The smallest absolute Gasteiger partial charge is 0.153 e. The van der Waals surface area contributed by atoms with Crippen LogP contribution in [0.5, 0.6) is 5.75 Å². The van der Waals surface area contributed by atoms with Gasteiger partial charge in [-0.1, -0.05) is 19.9 Å². The Kier molecular flexibility index (Phi) is 5.17. The maximum Gasteiger partial charge on any atom is 0.153 e. The minimum atomic E-state index is 0.645. The van der Waals surface area contributed by atoms with Crippen molar-refractivity contribution < 1.29 is 9.53 Å².